The molecular weight excluding hydrogens is 378 g/mol. The zero-order valence-electron chi connectivity index (χ0n) is 16.4. The highest BCUT2D eigenvalue weighted by Gasteiger charge is 2.35. The van der Waals surface area contributed by atoms with E-state index in [-0.39, 0.29) is 5.91 Å². The standard InChI is InChI=1S/C21H24ClN3O3/c1-24(2)20-21(26)25(13-14-5-9-16(27-3)10-6-14)18(19(22)23-20)15-7-11-17(28-4)12-8-15/h5-12,20,23H,13H2,1-4H3. The molecule has 0 saturated heterocycles. The van der Waals surface area contributed by atoms with Crippen LogP contribution in [0.25, 0.3) is 5.70 Å². The van der Waals surface area contributed by atoms with Gasteiger partial charge in [0.1, 0.15) is 16.7 Å². The van der Waals surface area contributed by atoms with E-state index >= 15 is 0 Å². The molecule has 3 rings (SSSR count). The van der Waals surface area contributed by atoms with E-state index < -0.39 is 6.17 Å². The van der Waals surface area contributed by atoms with Gasteiger partial charge >= 0.3 is 0 Å². The van der Waals surface area contributed by atoms with Crippen molar-refractivity contribution in [3.8, 4) is 11.5 Å². The highest BCUT2D eigenvalue weighted by atomic mass is 35.5. The van der Waals surface area contributed by atoms with Crippen LogP contribution in [-0.4, -0.2) is 50.2 Å². The van der Waals surface area contributed by atoms with Crippen LogP contribution in [0.3, 0.4) is 0 Å². The van der Waals surface area contributed by atoms with Gasteiger partial charge in [0, 0.05) is 5.56 Å². The van der Waals surface area contributed by atoms with Gasteiger partial charge in [-0.25, -0.2) is 0 Å². The third-order valence-corrected chi connectivity index (χ3v) is 4.91. The second-order valence-corrected chi connectivity index (χ2v) is 7.05. The minimum absolute atomic E-state index is 0.0731. The summed E-state index contributed by atoms with van der Waals surface area (Å²) < 4.78 is 10.5. The second-order valence-electron chi connectivity index (χ2n) is 6.67. The highest BCUT2D eigenvalue weighted by molar-refractivity contribution is 6.33. The fraction of sp³-hybridized carbons (Fsp3) is 0.286. The van der Waals surface area contributed by atoms with Crippen molar-refractivity contribution in [1.29, 1.82) is 0 Å². The molecule has 1 N–H and O–H groups in total. The van der Waals surface area contributed by atoms with Crippen LogP contribution in [-0.2, 0) is 11.3 Å². The van der Waals surface area contributed by atoms with Crippen LogP contribution in [0.5, 0.6) is 11.5 Å². The average molecular weight is 402 g/mol. The first-order valence-corrected chi connectivity index (χ1v) is 9.24. The zero-order valence-corrected chi connectivity index (χ0v) is 17.2. The number of hydrogen-bond acceptors (Lipinski definition) is 5. The van der Waals surface area contributed by atoms with Gasteiger partial charge in [0.15, 0.2) is 6.17 Å². The molecule has 0 radical (unpaired) electrons. The monoisotopic (exact) mass is 401 g/mol. The van der Waals surface area contributed by atoms with Gasteiger partial charge in [-0.15, -0.1) is 0 Å². The molecule has 0 spiro atoms. The van der Waals surface area contributed by atoms with Gasteiger partial charge in [0.25, 0.3) is 5.91 Å². The number of amides is 1. The quantitative estimate of drug-likeness (QED) is 0.754. The van der Waals surface area contributed by atoms with Gasteiger partial charge in [-0.2, -0.15) is 0 Å². The van der Waals surface area contributed by atoms with Crippen molar-refractivity contribution in [2.24, 2.45) is 0 Å². The van der Waals surface area contributed by atoms with E-state index in [1.807, 2.05) is 62.6 Å². The third kappa shape index (κ3) is 4.08. The lowest BCUT2D eigenvalue weighted by Crippen LogP contribution is -2.56. The number of likely N-dealkylation sites (N-methyl/N-ethyl adjacent to an activating group) is 1. The van der Waals surface area contributed by atoms with Crippen molar-refractivity contribution in [3.63, 3.8) is 0 Å². The number of benzene rings is 2. The van der Waals surface area contributed by atoms with Gasteiger partial charge in [0.05, 0.1) is 26.5 Å². The van der Waals surface area contributed by atoms with Crippen LogP contribution in [0, 0.1) is 0 Å². The summed E-state index contributed by atoms with van der Waals surface area (Å²) in [6.45, 7) is 0.395. The molecule has 1 amide bonds. The largest absolute Gasteiger partial charge is 0.497 e. The van der Waals surface area contributed by atoms with Gasteiger partial charge in [-0.1, -0.05) is 23.7 Å². The van der Waals surface area contributed by atoms with Crippen molar-refractivity contribution in [3.05, 3.63) is 64.8 Å². The molecule has 148 valence electrons. The van der Waals surface area contributed by atoms with E-state index in [2.05, 4.69) is 5.32 Å². The molecule has 2 aromatic rings. The van der Waals surface area contributed by atoms with Crippen molar-refractivity contribution in [2.45, 2.75) is 12.7 Å². The number of carbonyl (C=O) groups excluding carboxylic acids is 1. The molecule has 1 unspecified atom stereocenters. The Bertz CT molecular complexity index is 863. The zero-order chi connectivity index (χ0) is 20.3. The molecule has 1 heterocycles. The molecule has 7 heteroatoms. The summed E-state index contributed by atoms with van der Waals surface area (Å²) in [5.41, 5.74) is 2.45. The third-order valence-electron chi connectivity index (χ3n) is 4.62. The van der Waals surface area contributed by atoms with Crippen LogP contribution >= 0.6 is 11.6 Å². The number of methoxy groups -OCH3 is 2. The Labute approximate surface area is 170 Å². The number of ether oxygens (including phenoxy) is 2. The van der Waals surface area contributed by atoms with Crippen molar-refractivity contribution < 1.29 is 14.3 Å². The number of halogens is 1. The molecule has 0 bridgehead atoms. The Morgan fingerprint density at radius 3 is 2.04 bits per heavy atom. The fourth-order valence-corrected chi connectivity index (χ4v) is 3.39. The fourth-order valence-electron chi connectivity index (χ4n) is 3.08. The molecule has 6 nitrogen and oxygen atoms in total. The van der Waals surface area contributed by atoms with Crippen LogP contribution < -0.4 is 14.8 Å². The molecule has 1 aliphatic rings. The summed E-state index contributed by atoms with van der Waals surface area (Å²) in [6.07, 6.45) is -0.534. The maximum Gasteiger partial charge on any atom is 0.265 e. The first kappa shape index (κ1) is 20.0. The smallest absolute Gasteiger partial charge is 0.265 e. The van der Waals surface area contributed by atoms with Gasteiger partial charge in [0.2, 0.25) is 0 Å². The average Bonchev–Trinajstić information content (AvgIpc) is 2.71. The van der Waals surface area contributed by atoms with Crippen LogP contribution in [0.15, 0.2) is 53.7 Å². The molecule has 0 aromatic heterocycles. The van der Waals surface area contributed by atoms with E-state index in [1.165, 1.54) is 0 Å². The predicted molar refractivity (Wildman–Crippen MR) is 110 cm³/mol. The Morgan fingerprint density at radius 1 is 1.00 bits per heavy atom. The molecule has 0 saturated carbocycles. The number of nitrogens with one attached hydrogen (secondary N) is 1. The van der Waals surface area contributed by atoms with E-state index in [9.17, 15) is 4.79 Å². The Morgan fingerprint density at radius 2 is 1.54 bits per heavy atom. The normalized spacial score (nSPS) is 17.0. The number of hydrogen-bond donors (Lipinski definition) is 1. The minimum Gasteiger partial charge on any atom is -0.497 e. The SMILES string of the molecule is COc1ccc(CN2C(=O)C(N(C)C)NC(Cl)=C2c2ccc(OC)cc2)cc1. The van der Waals surface area contributed by atoms with Crippen molar-refractivity contribution in [2.75, 3.05) is 28.3 Å². The van der Waals surface area contributed by atoms with Gasteiger partial charge in [-0.05, 0) is 56.1 Å². The topological polar surface area (TPSA) is 54.0 Å². The summed E-state index contributed by atoms with van der Waals surface area (Å²) in [5, 5.41) is 3.53. The molecule has 0 aliphatic carbocycles. The minimum atomic E-state index is -0.534. The second kappa shape index (κ2) is 8.54. The number of nitrogens with zero attached hydrogens (tertiary/aromatic N) is 2. The van der Waals surface area contributed by atoms with Crippen LogP contribution in [0.4, 0.5) is 0 Å². The summed E-state index contributed by atoms with van der Waals surface area (Å²) in [4.78, 5) is 16.7. The van der Waals surface area contributed by atoms with Gasteiger partial charge in [-0.3, -0.25) is 9.69 Å². The number of carbonyl (C=O) groups is 1. The maximum absolute atomic E-state index is 13.2. The molecule has 1 aliphatic heterocycles. The maximum atomic E-state index is 13.2. The highest BCUT2D eigenvalue weighted by Crippen LogP contribution is 2.32. The molecule has 2 aromatic carbocycles. The Hall–Kier alpha value is -2.70. The lowest BCUT2D eigenvalue weighted by molar-refractivity contribution is -0.134. The Kier molecular flexibility index (Phi) is 6.11. The predicted octanol–water partition coefficient (Wildman–Crippen LogP) is 3.09. The lowest BCUT2D eigenvalue weighted by Gasteiger charge is -2.38. The molecule has 0 fully saturated rings. The van der Waals surface area contributed by atoms with E-state index in [4.69, 9.17) is 21.1 Å². The number of rotatable bonds is 6. The Balaban J connectivity index is 2.00. The summed E-state index contributed by atoms with van der Waals surface area (Å²) in [6, 6.07) is 15.1. The lowest BCUT2D eigenvalue weighted by atomic mass is 10.1. The van der Waals surface area contributed by atoms with Crippen LogP contribution in [0.2, 0.25) is 0 Å². The first-order chi connectivity index (χ1) is 13.4. The molecule has 28 heavy (non-hydrogen) atoms. The van der Waals surface area contributed by atoms with E-state index in [0.29, 0.717) is 17.4 Å². The first-order valence-electron chi connectivity index (χ1n) is 8.86. The summed E-state index contributed by atoms with van der Waals surface area (Å²) in [5.74, 6) is 1.44. The van der Waals surface area contributed by atoms with E-state index in [1.54, 1.807) is 24.0 Å². The van der Waals surface area contributed by atoms with Crippen molar-refractivity contribution in [1.82, 2.24) is 15.1 Å². The summed E-state index contributed by atoms with van der Waals surface area (Å²) in [7, 11) is 6.92. The molecular formula is C21H24ClN3O3. The molecule has 1 atom stereocenters. The van der Waals surface area contributed by atoms with Gasteiger partial charge < -0.3 is 19.7 Å². The van der Waals surface area contributed by atoms with Crippen molar-refractivity contribution >= 4 is 23.2 Å². The van der Waals surface area contributed by atoms with E-state index in [0.717, 1.165) is 22.6 Å². The summed E-state index contributed by atoms with van der Waals surface area (Å²) >= 11 is 6.60. The van der Waals surface area contributed by atoms with Crippen LogP contribution in [0.1, 0.15) is 11.1 Å².